The lowest BCUT2D eigenvalue weighted by Gasteiger charge is -2.27. The molecule has 3 heteroatoms. The fourth-order valence-electron chi connectivity index (χ4n) is 3.12. The molecule has 0 saturated carbocycles. The van der Waals surface area contributed by atoms with Crippen LogP contribution in [0.15, 0.2) is 42.5 Å². The maximum atomic E-state index is 11.3. The summed E-state index contributed by atoms with van der Waals surface area (Å²) in [4.78, 5) is 0. The third-order valence-electron chi connectivity index (χ3n) is 4.03. The summed E-state index contributed by atoms with van der Waals surface area (Å²) in [5, 5.41) is 11.3. The number of hydrogen-bond donors (Lipinski definition) is 2. The second-order valence-corrected chi connectivity index (χ2v) is 5.94. The van der Waals surface area contributed by atoms with Gasteiger partial charge in [0.15, 0.2) is 0 Å². The molecule has 2 aromatic rings. The van der Waals surface area contributed by atoms with Gasteiger partial charge in [0.2, 0.25) is 0 Å². The van der Waals surface area contributed by atoms with Gasteiger partial charge in [-0.2, -0.15) is 0 Å². The number of hydrogen-bond acceptors (Lipinski definition) is 3. The van der Waals surface area contributed by atoms with Gasteiger partial charge in [-0.05, 0) is 56.0 Å². The smallest absolute Gasteiger partial charge is 0.126 e. The molecule has 0 heterocycles. The number of aliphatic hydroxyl groups is 1. The number of nitrogen functional groups attached to an aromatic ring is 1. The Balaban J connectivity index is 2.10. The molecule has 1 aliphatic carbocycles. The van der Waals surface area contributed by atoms with Crippen LogP contribution in [-0.4, -0.2) is 11.2 Å². The zero-order valence-electron chi connectivity index (χ0n) is 12.5. The first-order chi connectivity index (χ1) is 10.0. The van der Waals surface area contributed by atoms with E-state index in [4.69, 9.17) is 10.5 Å². The van der Waals surface area contributed by atoms with Crippen LogP contribution in [0.25, 0.3) is 0 Å². The van der Waals surface area contributed by atoms with Crippen molar-refractivity contribution in [2.75, 3.05) is 5.73 Å². The Bertz CT molecular complexity index is 666. The van der Waals surface area contributed by atoms with Crippen molar-refractivity contribution >= 4 is 5.69 Å². The average molecular weight is 283 g/mol. The number of ether oxygens (including phenoxy) is 1. The number of rotatable bonds is 3. The lowest BCUT2D eigenvalue weighted by molar-refractivity contribution is 0.0774. The zero-order chi connectivity index (χ0) is 15.0. The van der Waals surface area contributed by atoms with Crippen molar-refractivity contribution in [3.8, 4) is 5.75 Å². The Morgan fingerprint density at radius 1 is 1.14 bits per heavy atom. The Labute approximate surface area is 125 Å². The normalized spacial score (nSPS) is 20.6. The van der Waals surface area contributed by atoms with Gasteiger partial charge < -0.3 is 15.6 Å². The molecule has 1 aliphatic rings. The van der Waals surface area contributed by atoms with Gasteiger partial charge in [0.05, 0.1) is 6.10 Å². The minimum atomic E-state index is -0.992. The topological polar surface area (TPSA) is 55.5 Å². The largest absolute Gasteiger partial charge is 0.491 e. The van der Waals surface area contributed by atoms with E-state index in [-0.39, 0.29) is 6.10 Å². The summed E-state index contributed by atoms with van der Waals surface area (Å²) in [6, 6.07) is 13.5. The van der Waals surface area contributed by atoms with Gasteiger partial charge in [-0.3, -0.25) is 0 Å². The third kappa shape index (κ3) is 2.38. The summed E-state index contributed by atoms with van der Waals surface area (Å²) in [5.74, 6) is 0.750. The van der Waals surface area contributed by atoms with Crippen LogP contribution in [0.4, 0.5) is 5.69 Å². The Kier molecular flexibility index (Phi) is 3.38. The average Bonchev–Trinajstić information content (AvgIpc) is 2.76. The summed E-state index contributed by atoms with van der Waals surface area (Å²) in [7, 11) is 0. The predicted molar refractivity (Wildman–Crippen MR) is 84.4 cm³/mol. The fourth-order valence-corrected chi connectivity index (χ4v) is 3.12. The van der Waals surface area contributed by atoms with Crippen molar-refractivity contribution in [1.82, 2.24) is 0 Å². The van der Waals surface area contributed by atoms with Crippen LogP contribution >= 0.6 is 0 Å². The van der Waals surface area contributed by atoms with Gasteiger partial charge in [-0.15, -0.1) is 0 Å². The monoisotopic (exact) mass is 283 g/mol. The van der Waals surface area contributed by atoms with Crippen molar-refractivity contribution < 1.29 is 9.84 Å². The van der Waals surface area contributed by atoms with Crippen molar-refractivity contribution in [2.24, 2.45) is 0 Å². The lowest BCUT2D eigenvalue weighted by atomic mass is 9.87. The van der Waals surface area contributed by atoms with Crippen molar-refractivity contribution in [3.63, 3.8) is 0 Å². The quantitative estimate of drug-likeness (QED) is 0.850. The van der Waals surface area contributed by atoms with E-state index in [0.717, 1.165) is 34.5 Å². The number of nitrogens with two attached hydrogens (primary N) is 1. The summed E-state index contributed by atoms with van der Waals surface area (Å²) >= 11 is 0. The van der Waals surface area contributed by atoms with Crippen molar-refractivity contribution in [1.29, 1.82) is 0 Å². The molecule has 0 bridgehead atoms. The molecule has 0 saturated heterocycles. The highest BCUT2D eigenvalue weighted by Gasteiger charge is 2.40. The predicted octanol–water partition coefficient (Wildman–Crippen LogP) is 3.24. The van der Waals surface area contributed by atoms with Gasteiger partial charge in [0, 0.05) is 11.3 Å². The summed E-state index contributed by atoms with van der Waals surface area (Å²) in [6.07, 6.45) is 1.55. The van der Waals surface area contributed by atoms with E-state index in [1.54, 1.807) is 0 Å². The van der Waals surface area contributed by atoms with E-state index >= 15 is 0 Å². The first kappa shape index (κ1) is 14.0. The maximum absolute atomic E-state index is 11.3. The molecule has 0 aliphatic heterocycles. The zero-order valence-corrected chi connectivity index (χ0v) is 12.5. The molecule has 110 valence electrons. The molecule has 0 fully saturated rings. The van der Waals surface area contributed by atoms with Gasteiger partial charge in [0.1, 0.15) is 11.4 Å². The number of anilines is 1. The van der Waals surface area contributed by atoms with Gasteiger partial charge in [-0.25, -0.2) is 0 Å². The van der Waals surface area contributed by atoms with Gasteiger partial charge in [-0.1, -0.05) is 24.3 Å². The van der Waals surface area contributed by atoms with E-state index < -0.39 is 5.60 Å². The molecule has 3 rings (SSSR count). The Hall–Kier alpha value is -2.00. The molecular weight excluding hydrogens is 262 g/mol. The number of fused-ring (bicyclic) bond motifs is 1. The minimum Gasteiger partial charge on any atom is -0.491 e. The lowest BCUT2D eigenvalue weighted by Crippen LogP contribution is -2.25. The van der Waals surface area contributed by atoms with E-state index in [2.05, 4.69) is 0 Å². The van der Waals surface area contributed by atoms with Crippen LogP contribution in [0.3, 0.4) is 0 Å². The standard InChI is InChI=1S/C18H21NO2/c1-12(2)21-17-6-4-3-5-16(17)18(20)10-9-13-11-14(19)7-8-15(13)18/h3-8,11-12,20H,9-10,19H2,1-2H3. The van der Waals surface area contributed by atoms with Crippen LogP contribution in [0.1, 0.15) is 37.0 Å². The van der Waals surface area contributed by atoms with Crippen molar-refractivity contribution in [3.05, 3.63) is 59.2 Å². The molecule has 0 radical (unpaired) electrons. The van der Waals surface area contributed by atoms with Gasteiger partial charge in [0.25, 0.3) is 0 Å². The maximum Gasteiger partial charge on any atom is 0.126 e. The second-order valence-electron chi connectivity index (χ2n) is 5.94. The molecule has 2 aromatic carbocycles. The number of benzene rings is 2. The molecule has 0 amide bonds. The highest BCUT2D eigenvalue weighted by Crippen LogP contribution is 2.45. The van der Waals surface area contributed by atoms with E-state index in [0.29, 0.717) is 6.42 Å². The molecule has 1 unspecified atom stereocenters. The van der Waals surface area contributed by atoms with Crippen molar-refractivity contribution in [2.45, 2.75) is 38.4 Å². The van der Waals surface area contributed by atoms with Crippen LogP contribution < -0.4 is 10.5 Å². The van der Waals surface area contributed by atoms with E-state index in [1.165, 1.54) is 0 Å². The Morgan fingerprint density at radius 3 is 2.67 bits per heavy atom. The highest BCUT2D eigenvalue weighted by atomic mass is 16.5. The fraction of sp³-hybridized carbons (Fsp3) is 0.333. The second kappa shape index (κ2) is 5.08. The first-order valence-electron chi connectivity index (χ1n) is 7.38. The molecule has 0 aromatic heterocycles. The summed E-state index contributed by atoms with van der Waals surface area (Å²) < 4.78 is 5.88. The first-order valence-corrected chi connectivity index (χ1v) is 7.38. The van der Waals surface area contributed by atoms with Crippen LogP contribution in [0.5, 0.6) is 5.75 Å². The molecule has 3 N–H and O–H groups in total. The number of aryl methyl sites for hydroxylation is 1. The van der Waals surface area contributed by atoms with E-state index in [1.807, 2.05) is 56.3 Å². The number of para-hydroxylation sites is 1. The molecule has 3 nitrogen and oxygen atoms in total. The third-order valence-corrected chi connectivity index (χ3v) is 4.03. The highest BCUT2D eigenvalue weighted by molar-refractivity contribution is 5.54. The molecular formula is C18H21NO2. The van der Waals surface area contributed by atoms with E-state index in [9.17, 15) is 5.11 Å². The van der Waals surface area contributed by atoms with Gasteiger partial charge >= 0.3 is 0 Å². The van der Waals surface area contributed by atoms with Crippen LogP contribution in [-0.2, 0) is 12.0 Å². The van der Waals surface area contributed by atoms with Crippen LogP contribution in [0, 0.1) is 0 Å². The minimum absolute atomic E-state index is 0.0713. The van der Waals surface area contributed by atoms with Crippen LogP contribution in [0.2, 0.25) is 0 Å². The summed E-state index contributed by atoms with van der Waals surface area (Å²) in [5.41, 5.74) is 8.50. The molecule has 21 heavy (non-hydrogen) atoms. The molecule has 1 atom stereocenters. The SMILES string of the molecule is CC(C)Oc1ccccc1C1(O)CCc2cc(N)ccc21. The summed E-state index contributed by atoms with van der Waals surface area (Å²) in [6.45, 7) is 3.98. The molecule has 0 spiro atoms. The Morgan fingerprint density at radius 2 is 1.90 bits per heavy atom.